The number of carbonyl (C=O) groups excluding carboxylic acids is 1. The van der Waals surface area contributed by atoms with E-state index < -0.39 is 6.61 Å². The van der Waals surface area contributed by atoms with Crippen LogP contribution in [0.5, 0.6) is 5.75 Å². The number of furan rings is 1. The molecule has 4 rings (SSSR count). The van der Waals surface area contributed by atoms with E-state index in [1.54, 1.807) is 12.1 Å². The van der Waals surface area contributed by atoms with E-state index in [0.29, 0.717) is 11.2 Å². The van der Waals surface area contributed by atoms with Crippen LogP contribution in [0.15, 0.2) is 46.9 Å². The highest BCUT2D eigenvalue weighted by molar-refractivity contribution is 6.06. The SMILES string of the molecule is FC(F)Oc1cccc2c1oc1ccccc12.O=C1CCCN1. The third-order valence-electron chi connectivity index (χ3n) is 3.49. The minimum Gasteiger partial charge on any atom is -0.452 e. The van der Waals surface area contributed by atoms with Crippen molar-refractivity contribution in [2.75, 3.05) is 6.54 Å². The lowest BCUT2D eigenvalue weighted by molar-refractivity contribution is -0.119. The third kappa shape index (κ3) is 3.41. The molecule has 1 aliphatic heterocycles. The molecule has 2 aromatic carbocycles. The van der Waals surface area contributed by atoms with E-state index in [2.05, 4.69) is 10.1 Å². The average molecular weight is 319 g/mol. The Balaban J connectivity index is 0.000000220. The lowest BCUT2D eigenvalue weighted by Gasteiger charge is -2.03. The Labute approximate surface area is 131 Å². The van der Waals surface area contributed by atoms with Crippen molar-refractivity contribution in [2.24, 2.45) is 0 Å². The van der Waals surface area contributed by atoms with Gasteiger partial charge in [0, 0.05) is 23.7 Å². The predicted molar refractivity (Wildman–Crippen MR) is 82.6 cm³/mol. The molecule has 4 nitrogen and oxygen atoms in total. The van der Waals surface area contributed by atoms with Crippen LogP contribution in [0, 0.1) is 0 Å². The summed E-state index contributed by atoms with van der Waals surface area (Å²) in [6.07, 6.45) is 1.76. The lowest BCUT2D eigenvalue weighted by Crippen LogP contribution is -2.12. The van der Waals surface area contributed by atoms with E-state index in [0.717, 1.165) is 30.2 Å². The molecule has 1 aliphatic rings. The fourth-order valence-corrected chi connectivity index (χ4v) is 2.48. The number of ether oxygens (including phenoxy) is 1. The summed E-state index contributed by atoms with van der Waals surface area (Å²) in [7, 11) is 0. The van der Waals surface area contributed by atoms with Crippen molar-refractivity contribution in [3.8, 4) is 5.75 Å². The summed E-state index contributed by atoms with van der Waals surface area (Å²) in [4.78, 5) is 10.1. The number of alkyl halides is 2. The van der Waals surface area contributed by atoms with Crippen LogP contribution in [-0.4, -0.2) is 19.1 Å². The van der Waals surface area contributed by atoms with Gasteiger partial charge >= 0.3 is 6.61 Å². The van der Waals surface area contributed by atoms with E-state index >= 15 is 0 Å². The monoisotopic (exact) mass is 319 g/mol. The summed E-state index contributed by atoms with van der Waals surface area (Å²) in [6, 6.07) is 12.3. The molecule has 1 saturated heterocycles. The van der Waals surface area contributed by atoms with Crippen LogP contribution >= 0.6 is 0 Å². The molecular formula is C17H15F2NO3. The fraction of sp³-hybridized carbons (Fsp3) is 0.235. The molecule has 0 saturated carbocycles. The highest BCUT2D eigenvalue weighted by atomic mass is 19.3. The van der Waals surface area contributed by atoms with Crippen LogP contribution in [-0.2, 0) is 4.79 Å². The van der Waals surface area contributed by atoms with E-state index in [1.807, 2.05) is 24.3 Å². The molecule has 6 heteroatoms. The quantitative estimate of drug-likeness (QED) is 0.774. The molecule has 1 fully saturated rings. The predicted octanol–water partition coefficient (Wildman–Crippen LogP) is 4.08. The largest absolute Gasteiger partial charge is 0.452 e. The van der Waals surface area contributed by atoms with Crippen molar-refractivity contribution in [3.05, 3.63) is 42.5 Å². The molecular weight excluding hydrogens is 304 g/mol. The first kappa shape index (κ1) is 15.3. The number of nitrogens with one attached hydrogen (secondary N) is 1. The molecule has 2 heterocycles. The van der Waals surface area contributed by atoms with E-state index in [1.165, 1.54) is 6.07 Å². The first-order valence-electron chi connectivity index (χ1n) is 7.27. The summed E-state index contributed by atoms with van der Waals surface area (Å²) in [6.45, 7) is -1.97. The molecule has 0 spiro atoms. The second kappa shape index (κ2) is 6.64. The van der Waals surface area contributed by atoms with Gasteiger partial charge in [-0.1, -0.05) is 30.3 Å². The number of carbonyl (C=O) groups is 1. The zero-order valence-electron chi connectivity index (χ0n) is 12.2. The van der Waals surface area contributed by atoms with Gasteiger partial charge in [-0.3, -0.25) is 4.79 Å². The number of halogens is 2. The van der Waals surface area contributed by atoms with Gasteiger partial charge in [0.2, 0.25) is 5.91 Å². The molecule has 0 atom stereocenters. The minimum absolute atomic E-state index is 0.0636. The van der Waals surface area contributed by atoms with Crippen molar-refractivity contribution in [2.45, 2.75) is 19.5 Å². The zero-order chi connectivity index (χ0) is 16.2. The average Bonchev–Trinajstić information content (AvgIpc) is 3.15. The smallest absolute Gasteiger partial charge is 0.387 e. The van der Waals surface area contributed by atoms with Crippen molar-refractivity contribution in [1.29, 1.82) is 0 Å². The van der Waals surface area contributed by atoms with Crippen molar-refractivity contribution in [3.63, 3.8) is 0 Å². The summed E-state index contributed by atoms with van der Waals surface area (Å²) in [5, 5.41) is 4.35. The Hall–Kier alpha value is -2.63. The number of benzene rings is 2. The topological polar surface area (TPSA) is 51.5 Å². The van der Waals surface area contributed by atoms with Crippen molar-refractivity contribution in [1.82, 2.24) is 5.32 Å². The summed E-state index contributed by atoms with van der Waals surface area (Å²) >= 11 is 0. The molecule has 120 valence electrons. The fourth-order valence-electron chi connectivity index (χ4n) is 2.48. The Bertz CT molecular complexity index is 821. The lowest BCUT2D eigenvalue weighted by atomic mass is 10.1. The van der Waals surface area contributed by atoms with Crippen LogP contribution in [0.3, 0.4) is 0 Å². The van der Waals surface area contributed by atoms with Crippen LogP contribution in [0.2, 0.25) is 0 Å². The highest BCUT2D eigenvalue weighted by Gasteiger charge is 2.13. The van der Waals surface area contributed by atoms with E-state index in [4.69, 9.17) is 4.42 Å². The van der Waals surface area contributed by atoms with Crippen LogP contribution in [0.4, 0.5) is 8.78 Å². The molecule has 1 N–H and O–H groups in total. The second-order valence-electron chi connectivity index (χ2n) is 5.06. The van der Waals surface area contributed by atoms with Crippen LogP contribution in [0.1, 0.15) is 12.8 Å². The molecule has 3 aromatic rings. The first-order valence-corrected chi connectivity index (χ1v) is 7.27. The Morgan fingerprint density at radius 2 is 1.87 bits per heavy atom. The normalized spacial score (nSPS) is 14.0. The molecule has 0 radical (unpaired) electrons. The van der Waals surface area contributed by atoms with Crippen molar-refractivity contribution >= 4 is 27.8 Å². The molecule has 23 heavy (non-hydrogen) atoms. The van der Waals surface area contributed by atoms with Crippen LogP contribution < -0.4 is 10.1 Å². The number of hydrogen-bond donors (Lipinski definition) is 1. The maximum atomic E-state index is 12.2. The molecule has 0 aliphatic carbocycles. The summed E-state index contributed by atoms with van der Waals surface area (Å²) < 4.78 is 34.4. The first-order chi connectivity index (χ1) is 11.1. The van der Waals surface area contributed by atoms with Gasteiger partial charge in [0.15, 0.2) is 11.3 Å². The van der Waals surface area contributed by atoms with E-state index in [-0.39, 0.29) is 11.7 Å². The van der Waals surface area contributed by atoms with Gasteiger partial charge in [0.1, 0.15) is 5.58 Å². The van der Waals surface area contributed by atoms with Gasteiger partial charge in [-0.2, -0.15) is 8.78 Å². The van der Waals surface area contributed by atoms with Gasteiger partial charge in [-0.05, 0) is 18.6 Å². The number of fused-ring (bicyclic) bond motifs is 3. The van der Waals surface area contributed by atoms with Crippen LogP contribution in [0.25, 0.3) is 21.9 Å². The number of hydrogen-bond acceptors (Lipinski definition) is 3. The van der Waals surface area contributed by atoms with Gasteiger partial charge in [0.25, 0.3) is 0 Å². The molecule has 1 amide bonds. The Morgan fingerprint density at radius 3 is 2.52 bits per heavy atom. The van der Waals surface area contributed by atoms with Gasteiger partial charge in [-0.25, -0.2) is 0 Å². The van der Waals surface area contributed by atoms with Gasteiger partial charge in [-0.15, -0.1) is 0 Å². The van der Waals surface area contributed by atoms with Gasteiger partial charge < -0.3 is 14.5 Å². The highest BCUT2D eigenvalue weighted by Crippen LogP contribution is 2.34. The molecule has 0 unspecified atom stereocenters. The molecule has 1 aromatic heterocycles. The molecule has 0 bridgehead atoms. The number of amides is 1. The van der Waals surface area contributed by atoms with Gasteiger partial charge in [0.05, 0.1) is 0 Å². The maximum Gasteiger partial charge on any atom is 0.387 e. The second-order valence-corrected chi connectivity index (χ2v) is 5.06. The summed E-state index contributed by atoms with van der Waals surface area (Å²) in [5.74, 6) is 0.267. The van der Waals surface area contributed by atoms with Crippen molar-refractivity contribution < 1.29 is 22.7 Å². The van der Waals surface area contributed by atoms with E-state index in [9.17, 15) is 13.6 Å². The zero-order valence-corrected chi connectivity index (χ0v) is 12.2. The number of para-hydroxylation sites is 2. The minimum atomic E-state index is -2.85. The summed E-state index contributed by atoms with van der Waals surface area (Å²) in [5.41, 5.74) is 1.02. The Kier molecular flexibility index (Phi) is 4.41. The number of rotatable bonds is 2. The maximum absolute atomic E-state index is 12.2. The standard InChI is InChI=1S/C13H8F2O2.C4H7NO/c14-13(15)17-11-7-3-5-9-8-4-1-2-6-10(8)16-12(9)11;6-4-2-1-3-5-4/h1-7,13H;1-3H2,(H,5,6). The third-order valence-corrected chi connectivity index (χ3v) is 3.49. The Morgan fingerprint density at radius 1 is 1.09 bits per heavy atom.